The van der Waals surface area contributed by atoms with Gasteiger partial charge in [0.15, 0.2) is 0 Å². The van der Waals surface area contributed by atoms with Crippen LogP contribution in [0, 0.1) is 19.7 Å². The number of hydrogen-bond donors (Lipinski definition) is 2. The summed E-state index contributed by atoms with van der Waals surface area (Å²) in [4.78, 5) is 27.2. The van der Waals surface area contributed by atoms with E-state index in [1.807, 2.05) is 32.0 Å². The molecule has 0 radical (unpaired) electrons. The zero-order valence-corrected chi connectivity index (χ0v) is 14.2. The van der Waals surface area contributed by atoms with Crippen molar-refractivity contribution in [2.75, 3.05) is 6.54 Å². The Morgan fingerprint density at radius 1 is 1.12 bits per heavy atom. The normalized spacial score (nSPS) is 10.8. The van der Waals surface area contributed by atoms with Gasteiger partial charge in [-0.25, -0.2) is 4.39 Å². The molecular weight excluding hydrogens is 319 g/mol. The summed E-state index contributed by atoms with van der Waals surface area (Å²) < 4.78 is 12.9. The lowest BCUT2D eigenvalue weighted by molar-refractivity contribution is 0.0954. The lowest BCUT2D eigenvalue weighted by atomic mass is 10.0. The molecule has 1 heterocycles. The van der Waals surface area contributed by atoms with Crippen LogP contribution >= 0.6 is 0 Å². The van der Waals surface area contributed by atoms with Crippen LogP contribution < -0.4 is 10.9 Å². The van der Waals surface area contributed by atoms with E-state index in [4.69, 9.17) is 0 Å². The molecule has 4 nitrogen and oxygen atoms in total. The summed E-state index contributed by atoms with van der Waals surface area (Å²) in [6.45, 7) is 4.31. The first-order valence-corrected chi connectivity index (χ1v) is 8.11. The van der Waals surface area contributed by atoms with E-state index in [1.54, 1.807) is 0 Å². The van der Waals surface area contributed by atoms with Crippen molar-refractivity contribution in [1.82, 2.24) is 10.3 Å². The summed E-state index contributed by atoms with van der Waals surface area (Å²) in [5.74, 6) is -0.672. The zero-order valence-electron chi connectivity index (χ0n) is 14.2. The molecule has 0 bridgehead atoms. The molecule has 5 heteroatoms. The van der Waals surface area contributed by atoms with Gasteiger partial charge < -0.3 is 10.3 Å². The number of aromatic amines is 1. The van der Waals surface area contributed by atoms with Crippen LogP contribution in [0.25, 0.3) is 10.9 Å². The number of rotatable bonds is 4. The lowest BCUT2D eigenvalue weighted by Crippen LogP contribution is -2.27. The fourth-order valence-electron chi connectivity index (χ4n) is 2.93. The van der Waals surface area contributed by atoms with Crippen LogP contribution in [-0.4, -0.2) is 17.4 Å². The smallest absolute Gasteiger partial charge is 0.251 e. The number of fused-ring (bicyclic) bond motifs is 1. The third-order valence-corrected chi connectivity index (χ3v) is 4.16. The Labute approximate surface area is 144 Å². The van der Waals surface area contributed by atoms with E-state index in [9.17, 15) is 14.0 Å². The van der Waals surface area contributed by atoms with Gasteiger partial charge in [-0.3, -0.25) is 9.59 Å². The second-order valence-electron chi connectivity index (χ2n) is 6.18. The fourth-order valence-corrected chi connectivity index (χ4v) is 2.93. The van der Waals surface area contributed by atoms with Crippen molar-refractivity contribution in [3.8, 4) is 0 Å². The van der Waals surface area contributed by atoms with E-state index in [1.165, 1.54) is 24.3 Å². The standard InChI is InChI=1S/C20H19FN2O2/c1-12-9-13(2)18-16(10-12)11-15(20(25)23-18)7-8-22-19(24)14-3-5-17(21)6-4-14/h3-6,9-11H,7-8H2,1-2H3,(H,22,24)(H,23,25). The topological polar surface area (TPSA) is 62.0 Å². The Hall–Kier alpha value is -2.95. The number of aryl methyl sites for hydroxylation is 2. The minimum absolute atomic E-state index is 0.143. The van der Waals surface area contributed by atoms with Crippen molar-refractivity contribution in [2.45, 2.75) is 20.3 Å². The highest BCUT2D eigenvalue weighted by Crippen LogP contribution is 2.18. The molecule has 3 aromatic rings. The number of benzene rings is 2. The van der Waals surface area contributed by atoms with Crippen molar-refractivity contribution >= 4 is 16.8 Å². The SMILES string of the molecule is Cc1cc(C)c2[nH]c(=O)c(CCNC(=O)c3ccc(F)cc3)cc2c1. The number of amides is 1. The predicted molar refractivity (Wildman–Crippen MR) is 96.5 cm³/mol. The highest BCUT2D eigenvalue weighted by Gasteiger charge is 2.08. The minimum atomic E-state index is -0.384. The van der Waals surface area contributed by atoms with Gasteiger partial charge in [0.25, 0.3) is 11.5 Å². The Morgan fingerprint density at radius 3 is 2.56 bits per heavy atom. The Balaban J connectivity index is 1.73. The fraction of sp³-hybridized carbons (Fsp3) is 0.200. The second kappa shape index (κ2) is 6.89. The van der Waals surface area contributed by atoms with E-state index in [0.29, 0.717) is 24.1 Å². The van der Waals surface area contributed by atoms with Gasteiger partial charge in [0, 0.05) is 17.7 Å². The molecule has 25 heavy (non-hydrogen) atoms. The van der Waals surface area contributed by atoms with Crippen LogP contribution in [0.3, 0.4) is 0 Å². The van der Waals surface area contributed by atoms with Gasteiger partial charge in [-0.05, 0) is 67.6 Å². The molecule has 1 amide bonds. The number of carbonyl (C=O) groups is 1. The molecule has 2 aromatic carbocycles. The molecule has 0 unspecified atom stereocenters. The molecule has 0 aliphatic rings. The summed E-state index contributed by atoms with van der Waals surface area (Å²) in [7, 11) is 0. The van der Waals surface area contributed by atoms with Gasteiger partial charge >= 0.3 is 0 Å². The van der Waals surface area contributed by atoms with Gasteiger partial charge in [0.2, 0.25) is 0 Å². The summed E-state index contributed by atoms with van der Waals surface area (Å²) in [6.07, 6.45) is 0.422. The lowest BCUT2D eigenvalue weighted by Gasteiger charge is -2.08. The van der Waals surface area contributed by atoms with Crippen LogP contribution in [0.5, 0.6) is 0 Å². The minimum Gasteiger partial charge on any atom is -0.352 e. The largest absolute Gasteiger partial charge is 0.352 e. The molecule has 0 saturated heterocycles. The van der Waals surface area contributed by atoms with Crippen molar-refractivity contribution in [2.24, 2.45) is 0 Å². The average Bonchev–Trinajstić information content (AvgIpc) is 2.56. The predicted octanol–water partition coefficient (Wildman–Crippen LogP) is 3.26. The Kier molecular flexibility index (Phi) is 4.65. The van der Waals surface area contributed by atoms with Crippen LogP contribution in [0.2, 0.25) is 0 Å². The first-order valence-electron chi connectivity index (χ1n) is 8.11. The number of nitrogens with one attached hydrogen (secondary N) is 2. The first kappa shape index (κ1) is 16.9. The second-order valence-corrected chi connectivity index (χ2v) is 6.18. The van der Waals surface area contributed by atoms with E-state index in [2.05, 4.69) is 10.3 Å². The Bertz CT molecular complexity index is 991. The summed E-state index contributed by atoms with van der Waals surface area (Å²) in [5, 5.41) is 3.73. The third-order valence-electron chi connectivity index (χ3n) is 4.16. The van der Waals surface area contributed by atoms with Crippen LogP contribution in [0.4, 0.5) is 4.39 Å². The van der Waals surface area contributed by atoms with E-state index >= 15 is 0 Å². The molecule has 128 valence electrons. The van der Waals surface area contributed by atoms with Gasteiger partial charge in [-0.15, -0.1) is 0 Å². The molecule has 0 aliphatic heterocycles. The van der Waals surface area contributed by atoms with Crippen molar-refractivity contribution < 1.29 is 9.18 Å². The number of halogens is 1. The van der Waals surface area contributed by atoms with Crippen molar-refractivity contribution in [3.63, 3.8) is 0 Å². The number of pyridine rings is 1. The molecule has 0 aliphatic carbocycles. The molecule has 3 rings (SSSR count). The monoisotopic (exact) mass is 338 g/mol. The van der Waals surface area contributed by atoms with E-state index < -0.39 is 0 Å². The van der Waals surface area contributed by atoms with Crippen molar-refractivity contribution in [1.29, 1.82) is 0 Å². The number of carbonyl (C=O) groups excluding carboxylic acids is 1. The number of H-pyrrole nitrogens is 1. The van der Waals surface area contributed by atoms with Gasteiger partial charge in [-0.1, -0.05) is 11.6 Å². The quantitative estimate of drug-likeness (QED) is 0.767. The average molecular weight is 338 g/mol. The maximum absolute atomic E-state index is 12.9. The highest BCUT2D eigenvalue weighted by molar-refractivity contribution is 5.94. The van der Waals surface area contributed by atoms with Gasteiger partial charge in [0.1, 0.15) is 5.82 Å². The van der Waals surface area contributed by atoms with Crippen molar-refractivity contribution in [3.05, 3.63) is 80.9 Å². The first-order chi connectivity index (χ1) is 11.9. The molecule has 0 fully saturated rings. The van der Waals surface area contributed by atoms with E-state index in [0.717, 1.165) is 22.0 Å². The molecule has 1 aromatic heterocycles. The highest BCUT2D eigenvalue weighted by atomic mass is 19.1. The summed E-state index contributed by atoms with van der Waals surface area (Å²) >= 11 is 0. The molecule has 0 atom stereocenters. The summed E-state index contributed by atoms with van der Waals surface area (Å²) in [6, 6.07) is 11.3. The van der Waals surface area contributed by atoms with Gasteiger partial charge in [0.05, 0.1) is 5.52 Å². The molecule has 2 N–H and O–H groups in total. The third kappa shape index (κ3) is 3.76. The van der Waals surface area contributed by atoms with Gasteiger partial charge in [-0.2, -0.15) is 0 Å². The molecular formula is C20H19FN2O2. The van der Waals surface area contributed by atoms with E-state index in [-0.39, 0.29) is 17.3 Å². The van der Waals surface area contributed by atoms with Crippen LogP contribution in [0.1, 0.15) is 27.0 Å². The Morgan fingerprint density at radius 2 is 1.84 bits per heavy atom. The molecule has 0 saturated carbocycles. The van der Waals surface area contributed by atoms with Crippen LogP contribution in [-0.2, 0) is 6.42 Å². The number of aromatic nitrogens is 1. The maximum atomic E-state index is 12.9. The number of hydrogen-bond acceptors (Lipinski definition) is 2. The van der Waals surface area contributed by atoms with Crippen LogP contribution in [0.15, 0.2) is 47.3 Å². The molecule has 0 spiro atoms. The summed E-state index contributed by atoms with van der Waals surface area (Å²) in [5.41, 5.74) is 3.87. The maximum Gasteiger partial charge on any atom is 0.251 e. The zero-order chi connectivity index (χ0) is 18.0.